The van der Waals surface area contributed by atoms with E-state index in [2.05, 4.69) is 12.2 Å². The fourth-order valence-electron chi connectivity index (χ4n) is 0.874. The molecule has 1 amide bonds. The van der Waals surface area contributed by atoms with Gasteiger partial charge in [-0.15, -0.1) is 0 Å². The Hall–Kier alpha value is -1.58. The highest BCUT2D eigenvalue weighted by molar-refractivity contribution is 5.77. The topological polar surface area (TPSA) is 38.3 Å². The molecule has 0 atom stereocenters. The molecule has 0 fully saturated rings. The highest BCUT2D eigenvalue weighted by atomic mass is 19.1. The summed E-state index contributed by atoms with van der Waals surface area (Å²) in [6.07, 6.45) is 0. The van der Waals surface area contributed by atoms with E-state index in [4.69, 9.17) is 4.74 Å². The lowest BCUT2D eigenvalue weighted by Crippen LogP contribution is -2.25. The molecule has 0 unspecified atom stereocenters. The maximum absolute atomic E-state index is 13.0. The highest BCUT2D eigenvalue weighted by Gasteiger charge is 2.05. The van der Waals surface area contributed by atoms with Crippen molar-refractivity contribution >= 4 is 5.91 Å². The van der Waals surface area contributed by atoms with Crippen LogP contribution in [0.4, 0.5) is 4.39 Å². The van der Waals surface area contributed by atoms with Crippen molar-refractivity contribution in [1.82, 2.24) is 5.32 Å². The minimum absolute atomic E-state index is 0.0427. The van der Waals surface area contributed by atoms with Crippen LogP contribution in [0.15, 0.2) is 18.2 Å². The zero-order valence-corrected chi connectivity index (χ0v) is 7.84. The summed E-state index contributed by atoms with van der Waals surface area (Å²) in [5, 5.41) is 2.37. The van der Waals surface area contributed by atoms with Gasteiger partial charge in [-0.25, -0.2) is 4.39 Å². The molecule has 0 bridgehead atoms. The number of likely N-dealkylation sites (N-methyl/N-ethyl adjacent to an activating group) is 1. The van der Waals surface area contributed by atoms with Gasteiger partial charge in [0.2, 0.25) is 0 Å². The van der Waals surface area contributed by atoms with E-state index < -0.39 is 5.82 Å². The Bertz CT molecular complexity index is 339. The van der Waals surface area contributed by atoms with Gasteiger partial charge in [-0.3, -0.25) is 4.79 Å². The molecular formula is C10H11FNO2. The Morgan fingerprint density at radius 2 is 2.36 bits per heavy atom. The third-order valence-corrected chi connectivity index (χ3v) is 1.63. The minimum Gasteiger partial charge on any atom is -0.481 e. The van der Waals surface area contributed by atoms with Crippen LogP contribution in [0.3, 0.4) is 0 Å². The van der Waals surface area contributed by atoms with Crippen molar-refractivity contribution in [3.63, 3.8) is 0 Å². The van der Waals surface area contributed by atoms with E-state index in [-0.39, 0.29) is 18.3 Å². The van der Waals surface area contributed by atoms with Crippen LogP contribution in [0, 0.1) is 12.7 Å². The van der Waals surface area contributed by atoms with E-state index in [9.17, 15) is 9.18 Å². The van der Waals surface area contributed by atoms with Crippen LogP contribution in [0.5, 0.6) is 5.75 Å². The second kappa shape index (κ2) is 4.60. The van der Waals surface area contributed by atoms with Gasteiger partial charge >= 0.3 is 0 Å². The second-order valence-electron chi connectivity index (χ2n) is 2.73. The van der Waals surface area contributed by atoms with Gasteiger partial charge in [-0.1, -0.05) is 6.07 Å². The van der Waals surface area contributed by atoms with Gasteiger partial charge in [0, 0.05) is 7.05 Å². The molecule has 1 aromatic rings. The molecule has 0 aromatic heterocycles. The van der Waals surface area contributed by atoms with E-state index >= 15 is 0 Å². The van der Waals surface area contributed by atoms with Gasteiger partial charge in [0.05, 0.1) is 0 Å². The first-order valence-electron chi connectivity index (χ1n) is 4.08. The summed E-state index contributed by atoms with van der Waals surface area (Å²) in [6, 6.07) is 4.22. The largest absolute Gasteiger partial charge is 0.481 e. The van der Waals surface area contributed by atoms with Gasteiger partial charge in [0.1, 0.15) is 0 Å². The number of hydrogen-bond donors (Lipinski definition) is 1. The van der Waals surface area contributed by atoms with E-state index in [0.717, 1.165) is 0 Å². The monoisotopic (exact) mass is 196 g/mol. The second-order valence-corrected chi connectivity index (χ2v) is 2.73. The first-order chi connectivity index (χ1) is 6.63. The third kappa shape index (κ3) is 2.73. The maximum atomic E-state index is 13.0. The highest BCUT2D eigenvalue weighted by Crippen LogP contribution is 2.17. The average Bonchev–Trinajstić information content (AvgIpc) is 2.19. The summed E-state index contributed by atoms with van der Waals surface area (Å²) in [6.45, 7) is 3.42. The molecule has 4 heteroatoms. The molecule has 0 spiro atoms. The third-order valence-electron chi connectivity index (χ3n) is 1.63. The fourth-order valence-corrected chi connectivity index (χ4v) is 0.874. The van der Waals surface area contributed by atoms with Crippen LogP contribution in [0.2, 0.25) is 0 Å². The van der Waals surface area contributed by atoms with Crippen LogP contribution in [-0.2, 0) is 4.79 Å². The molecule has 0 aliphatic heterocycles. The molecular weight excluding hydrogens is 185 g/mol. The molecule has 0 heterocycles. The molecule has 1 rings (SSSR count). The average molecular weight is 196 g/mol. The number of hydrogen-bond acceptors (Lipinski definition) is 2. The van der Waals surface area contributed by atoms with Crippen molar-refractivity contribution in [2.45, 2.75) is 0 Å². The smallest absolute Gasteiger partial charge is 0.257 e. The normalized spacial score (nSPS) is 9.64. The predicted molar refractivity (Wildman–Crippen MR) is 50.4 cm³/mol. The number of halogens is 1. The van der Waals surface area contributed by atoms with Crippen molar-refractivity contribution in [3.8, 4) is 5.75 Å². The van der Waals surface area contributed by atoms with E-state index in [1.165, 1.54) is 25.2 Å². The van der Waals surface area contributed by atoms with Gasteiger partial charge in [-0.05, 0) is 24.6 Å². The minimum atomic E-state index is -0.499. The maximum Gasteiger partial charge on any atom is 0.257 e. The van der Waals surface area contributed by atoms with Gasteiger partial charge < -0.3 is 10.1 Å². The number of amides is 1. The van der Waals surface area contributed by atoms with Crippen LogP contribution in [-0.4, -0.2) is 19.6 Å². The SMILES string of the molecule is [CH2]c1ccc(F)c(OCC(=O)NC)c1. The number of carbonyl (C=O) groups excluding carboxylic acids is 1. The molecule has 0 aliphatic carbocycles. The Labute approximate surface area is 81.9 Å². The van der Waals surface area contributed by atoms with Crippen LogP contribution in [0.1, 0.15) is 5.56 Å². The van der Waals surface area contributed by atoms with Crippen molar-refractivity contribution in [2.24, 2.45) is 0 Å². The molecule has 14 heavy (non-hydrogen) atoms. The lowest BCUT2D eigenvalue weighted by molar-refractivity contribution is -0.122. The van der Waals surface area contributed by atoms with Gasteiger partial charge in [0.15, 0.2) is 18.2 Å². The molecule has 1 aromatic carbocycles. The predicted octanol–water partition coefficient (Wildman–Crippen LogP) is 1.13. The standard InChI is InChI=1S/C10H11FNO2/c1-7-3-4-8(11)9(5-7)14-6-10(13)12-2/h3-5H,1,6H2,2H3,(H,12,13). The molecule has 1 radical (unpaired) electrons. The van der Waals surface area contributed by atoms with Crippen LogP contribution in [0.25, 0.3) is 0 Å². The quantitative estimate of drug-likeness (QED) is 0.787. The number of benzene rings is 1. The van der Waals surface area contributed by atoms with E-state index in [0.29, 0.717) is 5.56 Å². The van der Waals surface area contributed by atoms with E-state index in [1.54, 1.807) is 0 Å². The zero-order chi connectivity index (χ0) is 10.6. The number of rotatable bonds is 3. The first kappa shape index (κ1) is 10.5. The lowest BCUT2D eigenvalue weighted by atomic mass is 10.2. The lowest BCUT2D eigenvalue weighted by Gasteiger charge is -2.06. The van der Waals surface area contributed by atoms with Crippen molar-refractivity contribution in [2.75, 3.05) is 13.7 Å². The Morgan fingerprint density at radius 1 is 1.64 bits per heavy atom. The molecule has 0 saturated heterocycles. The van der Waals surface area contributed by atoms with Crippen molar-refractivity contribution < 1.29 is 13.9 Å². The Balaban J connectivity index is 2.66. The van der Waals surface area contributed by atoms with E-state index in [1.807, 2.05) is 0 Å². The number of nitrogens with one attached hydrogen (secondary N) is 1. The summed E-state index contributed by atoms with van der Waals surface area (Å²) in [7, 11) is 1.49. The molecule has 3 nitrogen and oxygen atoms in total. The van der Waals surface area contributed by atoms with Gasteiger partial charge in [-0.2, -0.15) is 0 Å². The van der Waals surface area contributed by atoms with Crippen LogP contribution < -0.4 is 10.1 Å². The summed E-state index contributed by atoms with van der Waals surface area (Å²) in [4.78, 5) is 10.8. The molecule has 0 aliphatic rings. The van der Waals surface area contributed by atoms with Crippen molar-refractivity contribution in [3.05, 3.63) is 36.5 Å². The number of carbonyl (C=O) groups is 1. The summed E-state index contributed by atoms with van der Waals surface area (Å²) < 4.78 is 18.0. The summed E-state index contributed by atoms with van der Waals surface area (Å²) in [5.74, 6) is -0.763. The van der Waals surface area contributed by atoms with Crippen LogP contribution >= 0.6 is 0 Å². The molecule has 1 N–H and O–H groups in total. The summed E-state index contributed by atoms with van der Waals surface area (Å²) in [5.41, 5.74) is 0.637. The molecule has 75 valence electrons. The zero-order valence-electron chi connectivity index (χ0n) is 7.84. The summed E-state index contributed by atoms with van der Waals surface area (Å²) >= 11 is 0. The first-order valence-corrected chi connectivity index (χ1v) is 4.08. The number of ether oxygens (including phenoxy) is 1. The molecule has 0 saturated carbocycles. The Morgan fingerprint density at radius 3 is 3.00 bits per heavy atom. The van der Waals surface area contributed by atoms with Crippen molar-refractivity contribution in [1.29, 1.82) is 0 Å². The fraction of sp³-hybridized carbons (Fsp3) is 0.200. The van der Waals surface area contributed by atoms with Gasteiger partial charge in [0.25, 0.3) is 5.91 Å². The Kier molecular flexibility index (Phi) is 3.45.